The molecule has 0 saturated carbocycles. The molecule has 0 radical (unpaired) electrons. The summed E-state index contributed by atoms with van der Waals surface area (Å²) in [7, 11) is 0. The molecule has 16 heavy (non-hydrogen) atoms. The van der Waals surface area contributed by atoms with E-state index in [2.05, 4.69) is 10.6 Å². The van der Waals surface area contributed by atoms with Crippen molar-refractivity contribution in [1.82, 2.24) is 10.6 Å². The highest BCUT2D eigenvalue weighted by Gasteiger charge is 2.30. The van der Waals surface area contributed by atoms with Gasteiger partial charge in [0.15, 0.2) is 0 Å². The molecule has 1 heterocycles. The van der Waals surface area contributed by atoms with E-state index in [1.165, 1.54) is 0 Å². The first-order valence-electron chi connectivity index (χ1n) is 4.73. The Labute approximate surface area is 91.8 Å². The molecule has 1 aliphatic rings. The number of aliphatic hydroxyl groups is 1. The molecule has 1 aromatic carbocycles. The second-order valence-corrected chi connectivity index (χ2v) is 3.35. The predicted octanol–water partition coefficient (Wildman–Crippen LogP) is 0.373. The van der Waals surface area contributed by atoms with Crippen LogP contribution in [-0.2, 0) is 9.59 Å². The summed E-state index contributed by atoms with van der Waals surface area (Å²) in [5, 5.41) is 13.5. The van der Waals surface area contributed by atoms with E-state index in [4.69, 9.17) is 5.11 Å². The molecule has 0 aromatic heterocycles. The third-order valence-corrected chi connectivity index (χ3v) is 2.30. The lowest BCUT2D eigenvalue weighted by Gasteiger charge is -2.24. The van der Waals surface area contributed by atoms with Crippen molar-refractivity contribution in [2.75, 3.05) is 0 Å². The quantitative estimate of drug-likeness (QED) is 0.471. The molecule has 1 saturated heterocycles. The molecular weight excluding hydrogens is 208 g/mol. The zero-order valence-corrected chi connectivity index (χ0v) is 8.31. The van der Waals surface area contributed by atoms with Gasteiger partial charge in [-0.1, -0.05) is 30.3 Å². The van der Waals surface area contributed by atoms with Crippen LogP contribution in [0.2, 0.25) is 0 Å². The Morgan fingerprint density at radius 3 is 2.50 bits per heavy atom. The third-order valence-electron chi connectivity index (χ3n) is 2.30. The first kappa shape index (κ1) is 10.2. The van der Waals surface area contributed by atoms with Gasteiger partial charge in [0.25, 0.3) is 11.8 Å². The molecule has 2 rings (SSSR count). The maximum Gasteiger partial charge on any atom is 0.271 e. The first-order chi connectivity index (χ1) is 7.72. The number of aliphatic hydroxyl groups excluding tert-OH is 1. The lowest BCUT2D eigenvalue weighted by molar-refractivity contribution is -0.131. The molecule has 5 heteroatoms. The highest BCUT2D eigenvalue weighted by Crippen LogP contribution is 2.16. The van der Waals surface area contributed by atoms with Crippen molar-refractivity contribution in [3.8, 4) is 0 Å². The second kappa shape index (κ2) is 4.06. The zero-order valence-electron chi connectivity index (χ0n) is 8.31. The number of carbonyl (C=O) groups is 2. The fourth-order valence-corrected chi connectivity index (χ4v) is 1.51. The van der Waals surface area contributed by atoms with Crippen LogP contribution < -0.4 is 10.6 Å². The Morgan fingerprint density at radius 1 is 1.19 bits per heavy atom. The largest absolute Gasteiger partial charge is 0.513 e. The molecule has 0 aliphatic carbocycles. The summed E-state index contributed by atoms with van der Waals surface area (Å²) in [6.07, 6.45) is 0.578. The van der Waals surface area contributed by atoms with Gasteiger partial charge in [0.1, 0.15) is 18.0 Å². The Bertz CT molecular complexity index is 454. The first-order valence-corrected chi connectivity index (χ1v) is 4.73. The number of hydrogen-bond donors (Lipinski definition) is 3. The summed E-state index contributed by atoms with van der Waals surface area (Å²) in [4.78, 5) is 23.0. The van der Waals surface area contributed by atoms with Crippen LogP contribution >= 0.6 is 0 Å². The minimum Gasteiger partial charge on any atom is -0.513 e. The molecule has 0 bridgehead atoms. The number of carbonyl (C=O) groups excluding carboxylic acids is 2. The second-order valence-electron chi connectivity index (χ2n) is 3.35. The maximum absolute atomic E-state index is 11.6. The fourth-order valence-electron chi connectivity index (χ4n) is 1.51. The molecule has 1 aromatic rings. The molecule has 82 valence electrons. The van der Waals surface area contributed by atoms with Crippen LogP contribution in [0.25, 0.3) is 0 Å². The van der Waals surface area contributed by atoms with Gasteiger partial charge in [-0.25, -0.2) is 0 Å². The van der Waals surface area contributed by atoms with E-state index in [0.29, 0.717) is 11.8 Å². The number of nitrogens with one attached hydrogen (secondary N) is 2. The molecule has 0 spiro atoms. The summed E-state index contributed by atoms with van der Waals surface area (Å²) < 4.78 is 0. The number of amides is 2. The van der Waals surface area contributed by atoms with Gasteiger partial charge < -0.3 is 15.7 Å². The Kier molecular flexibility index (Phi) is 2.59. The number of hydrogen-bond acceptors (Lipinski definition) is 3. The molecule has 1 aliphatic heterocycles. The number of piperazine rings is 1. The number of rotatable bonds is 1. The number of benzene rings is 1. The van der Waals surface area contributed by atoms with Gasteiger partial charge in [0, 0.05) is 0 Å². The van der Waals surface area contributed by atoms with Crippen LogP contribution in [0.1, 0.15) is 11.6 Å². The summed E-state index contributed by atoms with van der Waals surface area (Å²) in [5.41, 5.74) is 0.558. The van der Waals surface area contributed by atoms with Crippen molar-refractivity contribution >= 4 is 11.8 Å². The van der Waals surface area contributed by atoms with Gasteiger partial charge in [-0.2, -0.15) is 0 Å². The van der Waals surface area contributed by atoms with Crippen molar-refractivity contribution in [2.24, 2.45) is 0 Å². The molecule has 1 atom stereocenters. The zero-order chi connectivity index (χ0) is 11.5. The fraction of sp³-hybridized carbons (Fsp3) is 0.0909. The van der Waals surface area contributed by atoms with Crippen LogP contribution in [0.4, 0.5) is 0 Å². The Balaban J connectivity index is 2.26. The molecule has 1 fully saturated rings. The van der Waals surface area contributed by atoms with Crippen molar-refractivity contribution < 1.29 is 14.7 Å². The highest BCUT2D eigenvalue weighted by molar-refractivity contribution is 6.04. The van der Waals surface area contributed by atoms with Crippen LogP contribution in [0.3, 0.4) is 0 Å². The van der Waals surface area contributed by atoms with Gasteiger partial charge >= 0.3 is 0 Å². The van der Waals surface area contributed by atoms with Gasteiger partial charge in [-0.05, 0) is 5.56 Å². The predicted molar refractivity (Wildman–Crippen MR) is 56.2 cm³/mol. The molecule has 2 amide bonds. The SMILES string of the molecule is O=C1NC(c2ccccc2)C(=O)NC1=CO. The summed E-state index contributed by atoms with van der Waals surface area (Å²) in [6.45, 7) is 0. The molecule has 5 nitrogen and oxygen atoms in total. The summed E-state index contributed by atoms with van der Waals surface area (Å²) in [5.74, 6) is -0.873. The van der Waals surface area contributed by atoms with Gasteiger partial charge in [-0.15, -0.1) is 0 Å². The third kappa shape index (κ3) is 1.75. The molecule has 3 N–H and O–H groups in total. The lowest BCUT2D eigenvalue weighted by atomic mass is 10.0. The average molecular weight is 218 g/mol. The van der Waals surface area contributed by atoms with E-state index >= 15 is 0 Å². The van der Waals surface area contributed by atoms with E-state index in [1.54, 1.807) is 24.3 Å². The topological polar surface area (TPSA) is 78.4 Å². The van der Waals surface area contributed by atoms with E-state index in [9.17, 15) is 9.59 Å². The van der Waals surface area contributed by atoms with Crippen LogP contribution in [0.15, 0.2) is 42.3 Å². The van der Waals surface area contributed by atoms with Crippen molar-refractivity contribution in [3.05, 3.63) is 47.9 Å². The van der Waals surface area contributed by atoms with E-state index in [1.807, 2.05) is 6.07 Å². The smallest absolute Gasteiger partial charge is 0.271 e. The maximum atomic E-state index is 11.6. The monoisotopic (exact) mass is 218 g/mol. The summed E-state index contributed by atoms with van der Waals surface area (Å²) >= 11 is 0. The van der Waals surface area contributed by atoms with Crippen LogP contribution in [-0.4, -0.2) is 16.9 Å². The van der Waals surface area contributed by atoms with E-state index in [-0.39, 0.29) is 11.6 Å². The van der Waals surface area contributed by atoms with Gasteiger partial charge in [0.05, 0.1) is 0 Å². The standard InChI is InChI=1S/C11H10N2O3/c14-6-8-10(15)13-9(11(16)12-8)7-4-2-1-3-5-7/h1-6,9,14H,(H,12,16)(H,13,15). The molecular formula is C11H10N2O3. The lowest BCUT2D eigenvalue weighted by Crippen LogP contribution is -2.49. The molecule has 1 unspecified atom stereocenters. The van der Waals surface area contributed by atoms with Crippen molar-refractivity contribution in [1.29, 1.82) is 0 Å². The average Bonchev–Trinajstić information content (AvgIpc) is 2.32. The highest BCUT2D eigenvalue weighted by atomic mass is 16.2. The van der Waals surface area contributed by atoms with Crippen LogP contribution in [0.5, 0.6) is 0 Å². The van der Waals surface area contributed by atoms with Gasteiger partial charge in [0.2, 0.25) is 0 Å². The van der Waals surface area contributed by atoms with Crippen molar-refractivity contribution in [2.45, 2.75) is 6.04 Å². The Morgan fingerprint density at radius 2 is 1.88 bits per heavy atom. The minimum atomic E-state index is -0.711. The van der Waals surface area contributed by atoms with E-state index < -0.39 is 11.9 Å². The van der Waals surface area contributed by atoms with Crippen LogP contribution in [0, 0.1) is 0 Å². The normalized spacial score (nSPS) is 22.8. The Hall–Kier alpha value is -2.30. The van der Waals surface area contributed by atoms with E-state index in [0.717, 1.165) is 0 Å². The van der Waals surface area contributed by atoms with Gasteiger partial charge in [-0.3, -0.25) is 9.59 Å². The summed E-state index contributed by atoms with van der Waals surface area (Å²) in [6, 6.07) is 8.18. The van der Waals surface area contributed by atoms with Crippen molar-refractivity contribution in [3.63, 3.8) is 0 Å². The minimum absolute atomic E-state index is 0.141.